The number of hydrogen-bond acceptors (Lipinski definition) is 3. The standard InChI is InChI=1S/C19H28ClNO3S/c1-6-16(13(2)25(23)19(3,4)5)21-17(11-24-12-18(21)22)14-7-9-15(20)10-8-14/h7-10,13,16-17H,6,11-12H2,1-5H3. The Morgan fingerprint density at radius 3 is 2.44 bits per heavy atom. The maximum absolute atomic E-state index is 12.9. The minimum absolute atomic E-state index is 0.0455. The summed E-state index contributed by atoms with van der Waals surface area (Å²) in [6, 6.07) is 7.23. The molecule has 4 nitrogen and oxygen atoms in total. The van der Waals surface area contributed by atoms with Gasteiger partial charge in [-0.2, -0.15) is 0 Å². The highest BCUT2D eigenvalue weighted by Crippen LogP contribution is 2.32. The van der Waals surface area contributed by atoms with Crippen LogP contribution in [0.2, 0.25) is 5.02 Å². The van der Waals surface area contributed by atoms with Gasteiger partial charge in [0.1, 0.15) is 6.61 Å². The van der Waals surface area contributed by atoms with Gasteiger partial charge in [0, 0.05) is 26.6 Å². The van der Waals surface area contributed by atoms with E-state index in [1.54, 1.807) is 0 Å². The normalized spacial score (nSPS) is 22.6. The summed E-state index contributed by atoms with van der Waals surface area (Å²) in [6.45, 7) is 10.5. The van der Waals surface area contributed by atoms with E-state index in [1.165, 1.54) is 0 Å². The molecule has 6 heteroatoms. The van der Waals surface area contributed by atoms with Crippen LogP contribution in [0.15, 0.2) is 24.3 Å². The second kappa shape index (κ2) is 8.19. The summed E-state index contributed by atoms with van der Waals surface area (Å²) >= 11 is 6.00. The molecule has 0 N–H and O–H groups in total. The van der Waals surface area contributed by atoms with Crippen LogP contribution in [0.3, 0.4) is 0 Å². The average molecular weight is 386 g/mol. The molecule has 0 saturated carbocycles. The van der Waals surface area contributed by atoms with Crippen molar-refractivity contribution >= 4 is 28.3 Å². The fourth-order valence-corrected chi connectivity index (χ4v) is 5.25. The quantitative estimate of drug-likeness (QED) is 0.770. The van der Waals surface area contributed by atoms with Gasteiger partial charge in [-0.05, 0) is 51.8 Å². The van der Waals surface area contributed by atoms with Gasteiger partial charge in [0.15, 0.2) is 0 Å². The molecule has 4 atom stereocenters. The van der Waals surface area contributed by atoms with Gasteiger partial charge in [0.05, 0.1) is 17.9 Å². The topological polar surface area (TPSA) is 46.6 Å². The highest BCUT2D eigenvalue weighted by atomic mass is 35.5. The van der Waals surface area contributed by atoms with Gasteiger partial charge in [-0.3, -0.25) is 9.00 Å². The zero-order valence-corrected chi connectivity index (χ0v) is 17.2. The number of nitrogens with zero attached hydrogens (tertiary/aromatic N) is 1. The van der Waals surface area contributed by atoms with Gasteiger partial charge in [-0.15, -0.1) is 0 Å². The number of carbonyl (C=O) groups excluding carboxylic acids is 1. The van der Waals surface area contributed by atoms with E-state index in [9.17, 15) is 9.00 Å². The van der Waals surface area contributed by atoms with E-state index in [0.29, 0.717) is 11.6 Å². The zero-order chi connectivity index (χ0) is 18.8. The molecular formula is C19H28ClNO3S. The van der Waals surface area contributed by atoms with E-state index in [1.807, 2.05) is 63.8 Å². The van der Waals surface area contributed by atoms with Crippen molar-refractivity contribution in [3.63, 3.8) is 0 Å². The van der Waals surface area contributed by atoms with Crippen LogP contribution >= 0.6 is 11.6 Å². The number of halogens is 1. The Bertz CT molecular complexity index is 627. The molecule has 1 aliphatic rings. The largest absolute Gasteiger partial charge is 0.369 e. The van der Waals surface area contributed by atoms with Crippen molar-refractivity contribution < 1.29 is 13.7 Å². The SMILES string of the molecule is CCC(C(C)S(=O)C(C)(C)C)N1C(=O)COCC1c1ccc(Cl)cc1. The number of ether oxygens (including phenoxy) is 1. The third-order valence-electron chi connectivity index (χ3n) is 4.64. The Hall–Kier alpha value is -0.910. The molecular weight excluding hydrogens is 358 g/mol. The van der Waals surface area contributed by atoms with Gasteiger partial charge < -0.3 is 9.64 Å². The van der Waals surface area contributed by atoms with Crippen molar-refractivity contribution in [3.05, 3.63) is 34.9 Å². The number of morpholine rings is 1. The first-order chi connectivity index (χ1) is 11.7. The number of rotatable bonds is 5. The van der Waals surface area contributed by atoms with E-state index in [-0.39, 0.29) is 34.6 Å². The van der Waals surface area contributed by atoms with Crippen molar-refractivity contribution in [2.45, 2.75) is 63.1 Å². The summed E-state index contributed by atoms with van der Waals surface area (Å²) in [5, 5.41) is 0.537. The lowest BCUT2D eigenvalue weighted by Gasteiger charge is -2.44. The third kappa shape index (κ3) is 4.63. The molecule has 1 fully saturated rings. The van der Waals surface area contributed by atoms with Gasteiger partial charge in [0.25, 0.3) is 0 Å². The molecule has 25 heavy (non-hydrogen) atoms. The summed E-state index contributed by atoms with van der Waals surface area (Å²) in [5.74, 6) is -0.0455. The molecule has 0 radical (unpaired) electrons. The third-order valence-corrected chi connectivity index (χ3v) is 7.09. The van der Waals surface area contributed by atoms with Crippen LogP contribution in [0.25, 0.3) is 0 Å². The zero-order valence-electron chi connectivity index (χ0n) is 15.6. The van der Waals surface area contributed by atoms with E-state index in [2.05, 4.69) is 0 Å². The Morgan fingerprint density at radius 1 is 1.32 bits per heavy atom. The second-order valence-electron chi connectivity index (χ2n) is 7.47. The lowest BCUT2D eigenvalue weighted by atomic mass is 10.00. The summed E-state index contributed by atoms with van der Waals surface area (Å²) in [5.41, 5.74) is 0.990. The predicted octanol–water partition coefficient (Wildman–Crippen LogP) is 3.95. The Kier molecular flexibility index (Phi) is 6.68. The van der Waals surface area contributed by atoms with Crippen LogP contribution in [0.5, 0.6) is 0 Å². The molecule has 0 bridgehead atoms. The predicted molar refractivity (Wildman–Crippen MR) is 103 cm³/mol. The highest BCUT2D eigenvalue weighted by molar-refractivity contribution is 7.87. The van der Waals surface area contributed by atoms with E-state index in [0.717, 1.165) is 12.0 Å². The molecule has 0 spiro atoms. The highest BCUT2D eigenvalue weighted by Gasteiger charge is 2.40. The number of benzene rings is 1. The van der Waals surface area contributed by atoms with Crippen LogP contribution in [-0.2, 0) is 20.3 Å². The second-order valence-corrected chi connectivity index (χ2v) is 10.5. The Morgan fingerprint density at radius 2 is 1.92 bits per heavy atom. The van der Waals surface area contributed by atoms with E-state index in [4.69, 9.17) is 16.3 Å². The molecule has 1 saturated heterocycles. The van der Waals surface area contributed by atoms with Crippen LogP contribution < -0.4 is 0 Å². The first-order valence-corrected chi connectivity index (χ1v) is 10.3. The first kappa shape index (κ1) is 20.4. The van der Waals surface area contributed by atoms with Crippen LogP contribution in [0.4, 0.5) is 0 Å². The lowest BCUT2D eigenvalue weighted by molar-refractivity contribution is -0.152. The van der Waals surface area contributed by atoms with Crippen molar-refractivity contribution in [2.24, 2.45) is 0 Å². The fourth-order valence-electron chi connectivity index (χ4n) is 3.40. The number of amides is 1. The minimum atomic E-state index is -1.06. The van der Waals surface area contributed by atoms with Crippen molar-refractivity contribution in [1.82, 2.24) is 4.90 Å². The van der Waals surface area contributed by atoms with Crippen molar-refractivity contribution in [2.75, 3.05) is 13.2 Å². The average Bonchev–Trinajstić information content (AvgIpc) is 2.56. The van der Waals surface area contributed by atoms with Gasteiger partial charge >= 0.3 is 0 Å². The molecule has 1 aromatic carbocycles. The van der Waals surface area contributed by atoms with Crippen molar-refractivity contribution in [3.8, 4) is 0 Å². The summed E-state index contributed by atoms with van der Waals surface area (Å²) in [6.07, 6.45) is 0.749. The smallest absolute Gasteiger partial charge is 0.249 e. The number of hydrogen-bond donors (Lipinski definition) is 0. The molecule has 1 heterocycles. The van der Waals surface area contributed by atoms with Gasteiger partial charge in [-0.1, -0.05) is 30.7 Å². The summed E-state index contributed by atoms with van der Waals surface area (Å²) < 4.78 is 18.1. The molecule has 4 unspecified atom stereocenters. The molecule has 1 aliphatic heterocycles. The fraction of sp³-hybridized carbons (Fsp3) is 0.632. The monoisotopic (exact) mass is 385 g/mol. The summed E-state index contributed by atoms with van der Waals surface area (Å²) in [4.78, 5) is 14.6. The van der Waals surface area contributed by atoms with Gasteiger partial charge in [0.2, 0.25) is 5.91 Å². The molecule has 1 aromatic rings. The van der Waals surface area contributed by atoms with Crippen LogP contribution in [-0.4, -0.2) is 44.3 Å². The Balaban J connectivity index is 2.36. The lowest BCUT2D eigenvalue weighted by Crippen LogP contribution is -2.55. The molecule has 0 aromatic heterocycles. The molecule has 0 aliphatic carbocycles. The van der Waals surface area contributed by atoms with E-state index < -0.39 is 10.8 Å². The van der Waals surface area contributed by atoms with Gasteiger partial charge in [-0.25, -0.2) is 0 Å². The summed E-state index contributed by atoms with van der Waals surface area (Å²) in [7, 11) is -1.06. The number of carbonyl (C=O) groups is 1. The van der Waals surface area contributed by atoms with Crippen molar-refractivity contribution in [1.29, 1.82) is 0 Å². The van der Waals surface area contributed by atoms with E-state index >= 15 is 0 Å². The molecule has 2 rings (SSSR count). The maximum atomic E-state index is 12.9. The Labute approximate surface area is 158 Å². The van der Waals surface area contributed by atoms with Crippen LogP contribution in [0, 0.1) is 0 Å². The maximum Gasteiger partial charge on any atom is 0.249 e. The molecule has 1 amide bonds. The minimum Gasteiger partial charge on any atom is -0.369 e. The first-order valence-electron chi connectivity index (χ1n) is 8.71. The molecule has 140 valence electrons. The van der Waals surface area contributed by atoms with Crippen LogP contribution in [0.1, 0.15) is 52.6 Å².